The molecule has 0 bridgehead atoms. The summed E-state index contributed by atoms with van der Waals surface area (Å²) in [5.74, 6) is 2.98. The standard InChI is InChI=1S/C59H43N3O/c1-58-35-15-14-32-54(58)59(50-30-12-10-27-47(50)48-28-11-13-31-51(48)59)52-38-43(33-34-53(52)63-58)46-26-8-9-29-49(46)57-61-55(44-24-16-22-41(36-44)39-18-4-2-5-19-39)60-56(62-57)45-25-17-23-42(37-45)40-20-6-3-7-21-40/h2-31,33-34,36-38,54H,32,35H2,1H3. The number of fused-ring (bicyclic) bond motifs is 9. The molecule has 0 N–H and O–H groups in total. The fraction of sp³-hybridized carbons (Fsp3) is 0.102. The zero-order chi connectivity index (χ0) is 42.0. The van der Waals surface area contributed by atoms with Crippen molar-refractivity contribution in [3.8, 4) is 84.4 Å². The lowest BCUT2D eigenvalue weighted by Crippen LogP contribution is -2.56. The molecule has 1 spiro atoms. The third-order valence-electron chi connectivity index (χ3n) is 13.6. The van der Waals surface area contributed by atoms with Crippen LogP contribution in [0, 0.1) is 5.92 Å². The summed E-state index contributed by atoms with van der Waals surface area (Å²) in [7, 11) is 0. The van der Waals surface area contributed by atoms with Crippen LogP contribution in [-0.4, -0.2) is 20.6 Å². The number of benzene rings is 8. The molecule has 0 amide bonds. The molecule has 2 unspecified atom stereocenters. The number of nitrogens with zero attached hydrogens (tertiary/aromatic N) is 3. The highest BCUT2D eigenvalue weighted by atomic mass is 16.5. The van der Waals surface area contributed by atoms with E-state index in [0.29, 0.717) is 17.5 Å². The Morgan fingerprint density at radius 2 is 0.889 bits per heavy atom. The van der Waals surface area contributed by atoms with Gasteiger partial charge in [0.2, 0.25) is 0 Å². The molecule has 4 nitrogen and oxygen atoms in total. The average molecular weight is 810 g/mol. The number of hydrogen-bond acceptors (Lipinski definition) is 4. The molecule has 2 heterocycles. The van der Waals surface area contributed by atoms with Crippen molar-refractivity contribution in [2.75, 3.05) is 0 Å². The maximum absolute atomic E-state index is 7.17. The van der Waals surface area contributed by atoms with E-state index in [9.17, 15) is 0 Å². The van der Waals surface area contributed by atoms with Crippen LogP contribution in [0.5, 0.6) is 5.75 Å². The fourth-order valence-electron chi connectivity index (χ4n) is 10.8. The van der Waals surface area contributed by atoms with Gasteiger partial charge < -0.3 is 4.74 Å². The van der Waals surface area contributed by atoms with E-state index in [0.717, 1.165) is 68.7 Å². The molecule has 0 radical (unpaired) electrons. The second kappa shape index (κ2) is 14.7. The quantitative estimate of drug-likeness (QED) is 0.157. The van der Waals surface area contributed by atoms with E-state index in [1.54, 1.807) is 0 Å². The lowest BCUT2D eigenvalue weighted by molar-refractivity contribution is -0.0181. The van der Waals surface area contributed by atoms with Gasteiger partial charge in [-0.15, -0.1) is 0 Å². The molecule has 1 aliphatic heterocycles. The molecule has 2 atom stereocenters. The van der Waals surface area contributed by atoms with E-state index in [-0.39, 0.29) is 11.5 Å². The summed E-state index contributed by atoms with van der Waals surface area (Å²) >= 11 is 0. The first-order valence-electron chi connectivity index (χ1n) is 21.9. The maximum Gasteiger partial charge on any atom is 0.164 e. The van der Waals surface area contributed by atoms with Gasteiger partial charge in [-0.05, 0) is 93.2 Å². The van der Waals surface area contributed by atoms with Crippen LogP contribution in [0.1, 0.15) is 36.5 Å². The van der Waals surface area contributed by atoms with E-state index in [1.165, 1.54) is 27.8 Å². The van der Waals surface area contributed by atoms with Crippen LogP contribution >= 0.6 is 0 Å². The fourth-order valence-corrected chi connectivity index (χ4v) is 10.8. The Morgan fingerprint density at radius 1 is 0.397 bits per heavy atom. The molecule has 2 aliphatic carbocycles. The number of aromatic nitrogens is 3. The highest BCUT2D eigenvalue weighted by Crippen LogP contribution is 2.65. The zero-order valence-electron chi connectivity index (χ0n) is 34.9. The van der Waals surface area contributed by atoms with Crippen molar-refractivity contribution < 1.29 is 4.74 Å². The molecule has 0 saturated carbocycles. The van der Waals surface area contributed by atoms with Gasteiger partial charge in [0, 0.05) is 34.6 Å². The van der Waals surface area contributed by atoms with E-state index in [1.807, 2.05) is 12.1 Å². The zero-order valence-corrected chi connectivity index (χ0v) is 34.9. The largest absolute Gasteiger partial charge is 0.487 e. The van der Waals surface area contributed by atoms with E-state index >= 15 is 0 Å². The van der Waals surface area contributed by atoms with Gasteiger partial charge in [0.25, 0.3) is 0 Å². The SMILES string of the molecule is CC12CC=CCC1C1(c3cc(-c4ccccc4-c4nc(-c5cccc(-c6ccccc6)c5)nc(-c5cccc(-c6ccccc6)c5)n4)ccc3O2)c2ccccc2-c2ccccc21. The Kier molecular flexibility index (Phi) is 8.68. The molecule has 300 valence electrons. The molecular formula is C59H43N3O. The minimum Gasteiger partial charge on any atom is -0.487 e. The van der Waals surface area contributed by atoms with Crippen LogP contribution in [-0.2, 0) is 5.41 Å². The molecule has 1 aromatic heterocycles. The molecule has 0 saturated heterocycles. The molecule has 3 aliphatic rings. The summed E-state index contributed by atoms with van der Waals surface area (Å²) in [5.41, 5.74) is 15.2. The average Bonchev–Trinajstić information content (AvgIpc) is 3.64. The number of rotatable bonds is 6. The summed E-state index contributed by atoms with van der Waals surface area (Å²) in [5, 5.41) is 0. The number of hydrogen-bond donors (Lipinski definition) is 0. The topological polar surface area (TPSA) is 47.9 Å². The molecule has 0 fully saturated rings. The first-order chi connectivity index (χ1) is 31.1. The third kappa shape index (κ3) is 6.01. The van der Waals surface area contributed by atoms with Crippen LogP contribution in [0.25, 0.3) is 78.7 Å². The van der Waals surface area contributed by atoms with Crippen molar-refractivity contribution in [1.29, 1.82) is 0 Å². The molecule has 12 rings (SSSR count). The van der Waals surface area contributed by atoms with Crippen LogP contribution in [0.15, 0.2) is 212 Å². The summed E-state index contributed by atoms with van der Waals surface area (Å²) in [4.78, 5) is 15.9. The van der Waals surface area contributed by atoms with Gasteiger partial charge in [-0.3, -0.25) is 0 Å². The summed E-state index contributed by atoms with van der Waals surface area (Å²) < 4.78 is 7.17. The first-order valence-corrected chi connectivity index (χ1v) is 21.9. The van der Waals surface area contributed by atoms with Crippen LogP contribution in [0.4, 0.5) is 0 Å². The van der Waals surface area contributed by atoms with Gasteiger partial charge in [0.1, 0.15) is 11.4 Å². The molecule has 4 heteroatoms. The van der Waals surface area contributed by atoms with Gasteiger partial charge in [-0.1, -0.05) is 188 Å². The highest BCUT2D eigenvalue weighted by Gasteiger charge is 2.60. The van der Waals surface area contributed by atoms with Crippen molar-refractivity contribution in [3.05, 3.63) is 229 Å². The smallest absolute Gasteiger partial charge is 0.164 e. The van der Waals surface area contributed by atoms with Crippen molar-refractivity contribution in [1.82, 2.24) is 15.0 Å². The Balaban J connectivity index is 1.06. The van der Waals surface area contributed by atoms with Gasteiger partial charge in [0.05, 0.1) is 5.41 Å². The number of ether oxygens (including phenoxy) is 1. The Labute approximate surface area is 368 Å². The molecule has 8 aromatic carbocycles. The Hall–Kier alpha value is -7.69. The van der Waals surface area contributed by atoms with Crippen molar-refractivity contribution in [2.24, 2.45) is 5.92 Å². The van der Waals surface area contributed by atoms with Crippen LogP contribution in [0.3, 0.4) is 0 Å². The van der Waals surface area contributed by atoms with Crippen LogP contribution in [0.2, 0.25) is 0 Å². The highest BCUT2D eigenvalue weighted by molar-refractivity contribution is 5.88. The Morgan fingerprint density at radius 3 is 1.49 bits per heavy atom. The lowest BCUT2D eigenvalue weighted by Gasteiger charge is -2.54. The van der Waals surface area contributed by atoms with E-state index in [4.69, 9.17) is 19.7 Å². The molecule has 63 heavy (non-hydrogen) atoms. The molecular weight excluding hydrogens is 767 g/mol. The molecule has 9 aromatic rings. The Bertz CT molecular complexity index is 3100. The van der Waals surface area contributed by atoms with Crippen LogP contribution < -0.4 is 4.74 Å². The predicted molar refractivity (Wildman–Crippen MR) is 255 cm³/mol. The summed E-state index contributed by atoms with van der Waals surface area (Å²) in [6.07, 6.45) is 6.46. The van der Waals surface area contributed by atoms with Crippen molar-refractivity contribution in [3.63, 3.8) is 0 Å². The van der Waals surface area contributed by atoms with Crippen molar-refractivity contribution in [2.45, 2.75) is 30.8 Å². The summed E-state index contributed by atoms with van der Waals surface area (Å²) in [6, 6.07) is 71.4. The lowest BCUT2D eigenvalue weighted by atomic mass is 9.55. The first kappa shape index (κ1) is 37.1. The normalized spacial score (nSPS) is 17.6. The van der Waals surface area contributed by atoms with Gasteiger partial charge in [-0.25, -0.2) is 15.0 Å². The number of allylic oxidation sites excluding steroid dienone is 1. The van der Waals surface area contributed by atoms with Crippen molar-refractivity contribution >= 4 is 0 Å². The van der Waals surface area contributed by atoms with Gasteiger partial charge >= 0.3 is 0 Å². The maximum atomic E-state index is 7.17. The monoisotopic (exact) mass is 809 g/mol. The van der Waals surface area contributed by atoms with E-state index < -0.39 is 5.41 Å². The van der Waals surface area contributed by atoms with E-state index in [2.05, 4.69) is 207 Å². The third-order valence-corrected chi connectivity index (χ3v) is 13.6. The minimum atomic E-state index is -0.410. The summed E-state index contributed by atoms with van der Waals surface area (Å²) in [6.45, 7) is 2.32. The minimum absolute atomic E-state index is 0.185. The van der Waals surface area contributed by atoms with Gasteiger partial charge in [0.15, 0.2) is 17.5 Å². The second-order valence-corrected chi connectivity index (χ2v) is 17.2. The second-order valence-electron chi connectivity index (χ2n) is 17.2. The van der Waals surface area contributed by atoms with Gasteiger partial charge in [-0.2, -0.15) is 0 Å². The predicted octanol–water partition coefficient (Wildman–Crippen LogP) is 14.3.